The minimum atomic E-state index is -1.16. The molecular weight excluding hydrogens is 288 g/mol. The number of carbonyl (C=O) groups is 1. The molecule has 3 heteroatoms. The molecule has 0 aliphatic carbocycles. The molecule has 0 fully saturated rings. The molecule has 0 aliphatic rings. The first-order valence-electron chi connectivity index (χ1n) is 9.53. The lowest BCUT2D eigenvalue weighted by Gasteiger charge is -2.16. The lowest BCUT2D eigenvalue weighted by molar-refractivity contribution is -0.138. The van der Waals surface area contributed by atoms with Crippen molar-refractivity contribution in [3.05, 3.63) is 11.8 Å². The van der Waals surface area contributed by atoms with Crippen LogP contribution < -0.4 is 0 Å². The molecule has 0 saturated heterocycles. The van der Waals surface area contributed by atoms with E-state index in [0.29, 0.717) is 6.61 Å². The van der Waals surface area contributed by atoms with Crippen molar-refractivity contribution in [2.24, 2.45) is 0 Å². The minimum absolute atomic E-state index is 0.0996. The fourth-order valence-corrected chi connectivity index (χ4v) is 5.90. The van der Waals surface area contributed by atoms with Gasteiger partial charge in [0.2, 0.25) is 0 Å². The molecule has 0 bridgehead atoms. The van der Waals surface area contributed by atoms with Crippen LogP contribution in [-0.2, 0) is 9.53 Å². The van der Waals surface area contributed by atoms with Crippen LogP contribution in [0.5, 0.6) is 0 Å². The molecule has 2 nitrogen and oxygen atoms in total. The van der Waals surface area contributed by atoms with Crippen molar-refractivity contribution in [2.45, 2.75) is 97.1 Å². The van der Waals surface area contributed by atoms with E-state index in [1.807, 2.05) is 0 Å². The van der Waals surface area contributed by atoms with E-state index in [-0.39, 0.29) is 5.97 Å². The molecule has 0 heterocycles. The Morgan fingerprint density at radius 3 is 1.86 bits per heavy atom. The zero-order chi connectivity index (χ0) is 16.6. The maximum absolute atomic E-state index is 12.2. The van der Waals surface area contributed by atoms with Crippen LogP contribution in [0.15, 0.2) is 11.8 Å². The minimum Gasteiger partial charge on any atom is -0.463 e. The smallest absolute Gasteiger partial charge is 0.328 e. The zero-order valence-electron chi connectivity index (χ0n) is 15.3. The Bertz CT molecular complexity index is 281. The highest BCUT2D eigenvalue weighted by Crippen LogP contribution is 2.17. The monoisotopic (exact) mass is 326 g/mol. The molecule has 0 unspecified atom stereocenters. The van der Waals surface area contributed by atoms with E-state index >= 15 is 0 Å². The van der Waals surface area contributed by atoms with Crippen LogP contribution in [0, 0.1) is 0 Å². The maximum Gasteiger partial charge on any atom is 0.328 e. The summed E-state index contributed by atoms with van der Waals surface area (Å²) < 4.78 is 5.45. The molecule has 0 rings (SSSR count). The van der Waals surface area contributed by atoms with Gasteiger partial charge in [0, 0.05) is 5.20 Å². The molecule has 22 heavy (non-hydrogen) atoms. The van der Waals surface area contributed by atoms with Gasteiger partial charge in [-0.15, -0.1) is 0 Å². The van der Waals surface area contributed by atoms with Crippen molar-refractivity contribution in [2.75, 3.05) is 6.61 Å². The predicted molar refractivity (Wildman–Crippen MR) is 100 cm³/mol. The summed E-state index contributed by atoms with van der Waals surface area (Å²) in [4.78, 5) is 12.2. The third kappa shape index (κ3) is 11.1. The quantitative estimate of drug-likeness (QED) is 0.164. The summed E-state index contributed by atoms with van der Waals surface area (Å²) in [6.07, 6.45) is 12.2. The third-order valence-corrected chi connectivity index (χ3v) is 7.73. The SMILES string of the molecule is C=C(C(=O)OCCCCCCCC)[SiH](CCCC)CCCC. The summed E-state index contributed by atoms with van der Waals surface area (Å²) in [7, 11) is -1.16. The molecule has 0 spiro atoms. The summed E-state index contributed by atoms with van der Waals surface area (Å²) in [5, 5.41) is 0.841. The van der Waals surface area contributed by atoms with Crippen molar-refractivity contribution >= 4 is 14.8 Å². The number of esters is 1. The van der Waals surface area contributed by atoms with Crippen LogP contribution in [0.4, 0.5) is 0 Å². The van der Waals surface area contributed by atoms with Gasteiger partial charge in [0.05, 0.1) is 15.4 Å². The number of unbranched alkanes of at least 4 members (excludes halogenated alkanes) is 7. The fourth-order valence-electron chi connectivity index (χ4n) is 2.70. The summed E-state index contributed by atoms with van der Waals surface area (Å²) in [6, 6.07) is 2.42. The largest absolute Gasteiger partial charge is 0.463 e. The molecule has 0 atom stereocenters. The Morgan fingerprint density at radius 1 is 0.818 bits per heavy atom. The third-order valence-electron chi connectivity index (χ3n) is 4.30. The van der Waals surface area contributed by atoms with Gasteiger partial charge in [-0.3, -0.25) is 0 Å². The van der Waals surface area contributed by atoms with E-state index < -0.39 is 8.80 Å². The lowest BCUT2D eigenvalue weighted by atomic mass is 10.1. The van der Waals surface area contributed by atoms with Gasteiger partial charge in [-0.05, 0) is 6.42 Å². The normalized spacial score (nSPS) is 10.9. The van der Waals surface area contributed by atoms with Crippen molar-refractivity contribution in [1.29, 1.82) is 0 Å². The maximum atomic E-state index is 12.2. The van der Waals surface area contributed by atoms with Gasteiger partial charge in [0.1, 0.15) is 0 Å². The molecule has 0 aliphatic heterocycles. The summed E-state index contributed by atoms with van der Waals surface area (Å²) >= 11 is 0. The lowest BCUT2D eigenvalue weighted by Crippen LogP contribution is -2.24. The van der Waals surface area contributed by atoms with Gasteiger partial charge in [0.15, 0.2) is 0 Å². The first kappa shape index (κ1) is 21.4. The summed E-state index contributed by atoms with van der Waals surface area (Å²) in [6.45, 7) is 11.3. The van der Waals surface area contributed by atoms with Crippen molar-refractivity contribution in [1.82, 2.24) is 0 Å². The highest BCUT2D eigenvalue weighted by Gasteiger charge is 2.20. The Kier molecular flexibility index (Phi) is 14.9. The second-order valence-electron chi connectivity index (χ2n) is 6.41. The Labute approximate surface area is 140 Å². The van der Waals surface area contributed by atoms with Crippen molar-refractivity contribution in [3.63, 3.8) is 0 Å². The second kappa shape index (κ2) is 15.3. The molecule has 0 saturated carbocycles. The molecule has 0 aromatic heterocycles. The topological polar surface area (TPSA) is 26.3 Å². The average Bonchev–Trinajstić information content (AvgIpc) is 2.53. The van der Waals surface area contributed by atoms with E-state index in [1.54, 1.807) is 0 Å². The molecule has 0 radical (unpaired) electrons. The summed E-state index contributed by atoms with van der Waals surface area (Å²) in [5.41, 5.74) is 0. The van der Waals surface area contributed by atoms with E-state index in [4.69, 9.17) is 4.74 Å². The number of hydrogen-bond donors (Lipinski definition) is 0. The number of ether oxygens (including phenoxy) is 1. The van der Waals surface area contributed by atoms with Crippen LogP contribution in [0.3, 0.4) is 0 Å². The van der Waals surface area contributed by atoms with Crippen LogP contribution in [-0.4, -0.2) is 21.4 Å². The van der Waals surface area contributed by atoms with E-state index in [9.17, 15) is 4.79 Å². The highest BCUT2D eigenvalue weighted by molar-refractivity contribution is 6.71. The van der Waals surface area contributed by atoms with Crippen molar-refractivity contribution in [3.8, 4) is 0 Å². The fraction of sp³-hybridized carbons (Fsp3) is 0.842. The van der Waals surface area contributed by atoms with Gasteiger partial charge in [0.25, 0.3) is 0 Å². The number of carbonyl (C=O) groups excluding carboxylic acids is 1. The Morgan fingerprint density at radius 2 is 1.32 bits per heavy atom. The van der Waals surface area contributed by atoms with Crippen molar-refractivity contribution < 1.29 is 9.53 Å². The van der Waals surface area contributed by atoms with Gasteiger partial charge >= 0.3 is 5.97 Å². The summed E-state index contributed by atoms with van der Waals surface area (Å²) in [5.74, 6) is -0.0996. The average molecular weight is 327 g/mol. The van der Waals surface area contributed by atoms with Gasteiger partial charge in [-0.2, -0.15) is 0 Å². The Hall–Kier alpha value is -0.573. The van der Waals surface area contributed by atoms with Crippen LogP contribution in [0.25, 0.3) is 0 Å². The Balaban J connectivity index is 3.95. The van der Waals surface area contributed by atoms with Crippen LogP contribution in [0.1, 0.15) is 85.0 Å². The standard InChI is InChI=1S/C19H38O2Si/c1-5-8-11-12-13-14-15-21-19(20)18(4)22(16-9-6-2)17-10-7-3/h22H,4-17H2,1-3H3. The molecular formula is C19H38O2Si. The number of rotatable bonds is 15. The highest BCUT2D eigenvalue weighted by atomic mass is 28.3. The first-order valence-corrected chi connectivity index (χ1v) is 11.7. The second-order valence-corrected chi connectivity index (χ2v) is 9.66. The zero-order valence-corrected chi connectivity index (χ0v) is 16.4. The van der Waals surface area contributed by atoms with Crippen LogP contribution in [0.2, 0.25) is 12.1 Å². The van der Waals surface area contributed by atoms with E-state index in [1.165, 1.54) is 69.9 Å². The number of hydrogen-bond acceptors (Lipinski definition) is 2. The van der Waals surface area contributed by atoms with E-state index in [2.05, 4.69) is 27.4 Å². The first-order chi connectivity index (χ1) is 10.7. The van der Waals surface area contributed by atoms with Gasteiger partial charge < -0.3 is 4.74 Å². The van der Waals surface area contributed by atoms with Gasteiger partial charge in [-0.25, -0.2) is 4.79 Å². The predicted octanol–water partition coefficient (Wildman–Crippen LogP) is 5.81. The molecule has 0 aromatic carbocycles. The van der Waals surface area contributed by atoms with Crippen LogP contribution >= 0.6 is 0 Å². The molecule has 0 aromatic rings. The van der Waals surface area contributed by atoms with E-state index in [0.717, 1.165) is 11.6 Å². The molecule has 130 valence electrons. The van der Waals surface area contributed by atoms with Gasteiger partial charge in [-0.1, -0.05) is 97.2 Å². The molecule has 0 N–H and O–H groups in total. The molecule has 0 amide bonds.